The number of anilines is 1. The Morgan fingerprint density at radius 3 is 2.50 bits per heavy atom. The first-order valence-corrected chi connectivity index (χ1v) is 6.64. The maximum absolute atomic E-state index is 10.8. The summed E-state index contributed by atoms with van der Waals surface area (Å²) in [6.45, 7) is 1.78. The molecule has 1 aromatic rings. The van der Waals surface area contributed by atoms with Gasteiger partial charge in [-0.05, 0) is 25.0 Å². The van der Waals surface area contributed by atoms with Crippen LogP contribution in [0, 0.1) is 5.92 Å². The van der Waals surface area contributed by atoms with Crippen LogP contribution in [0.15, 0.2) is 30.9 Å². The molecule has 0 atom stereocenters. The van der Waals surface area contributed by atoms with Crippen LogP contribution in [-0.2, 0) is 9.47 Å². The lowest BCUT2D eigenvalue weighted by Gasteiger charge is -2.34. The number of carboxylic acids is 1. The number of rotatable bonds is 3. The Bertz CT molecular complexity index is 498. The van der Waals surface area contributed by atoms with E-state index in [0.29, 0.717) is 5.92 Å². The number of piperidine rings is 1. The Morgan fingerprint density at radius 1 is 1.25 bits per heavy atom. The molecule has 106 valence electrons. The minimum Gasteiger partial charge on any atom is -0.477 e. The molecule has 2 aliphatic rings. The average molecular weight is 276 g/mol. The third-order valence-corrected chi connectivity index (χ3v) is 3.74. The summed E-state index contributed by atoms with van der Waals surface area (Å²) in [7, 11) is 0. The van der Waals surface area contributed by atoms with Crippen molar-refractivity contribution in [1.29, 1.82) is 0 Å². The van der Waals surface area contributed by atoms with Crippen LogP contribution in [-0.4, -0.2) is 35.4 Å². The van der Waals surface area contributed by atoms with Crippen molar-refractivity contribution < 1.29 is 19.4 Å². The molecule has 0 radical (unpaired) electrons. The van der Waals surface area contributed by atoms with Crippen LogP contribution in [0.5, 0.6) is 0 Å². The van der Waals surface area contributed by atoms with E-state index in [1.807, 2.05) is 0 Å². The summed E-state index contributed by atoms with van der Waals surface area (Å²) in [6, 6.07) is 3.35. The summed E-state index contributed by atoms with van der Waals surface area (Å²) < 4.78 is 10.8. The van der Waals surface area contributed by atoms with E-state index >= 15 is 0 Å². The lowest BCUT2D eigenvalue weighted by Crippen LogP contribution is -2.38. The summed E-state index contributed by atoms with van der Waals surface area (Å²) in [5.74, 6) is -0.606. The highest BCUT2D eigenvalue weighted by atomic mass is 16.7. The predicted molar refractivity (Wildman–Crippen MR) is 71.2 cm³/mol. The van der Waals surface area contributed by atoms with E-state index in [1.54, 1.807) is 24.8 Å². The van der Waals surface area contributed by atoms with E-state index in [4.69, 9.17) is 14.6 Å². The van der Waals surface area contributed by atoms with Gasteiger partial charge in [-0.2, -0.15) is 0 Å². The highest BCUT2D eigenvalue weighted by molar-refractivity contribution is 5.85. The molecule has 0 amide bonds. The van der Waals surface area contributed by atoms with Gasteiger partial charge in [-0.3, -0.25) is 0 Å². The normalized spacial score (nSPS) is 19.7. The lowest BCUT2D eigenvalue weighted by atomic mass is 9.96. The van der Waals surface area contributed by atoms with E-state index in [1.165, 1.54) is 6.07 Å². The van der Waals surface area contributed by atoms with Crippen molar-refractivity contribution in [2.24, 2.45) is 5.92 Å². The van der Waals surface area contributed by atoms with Gasteiger partial charge in [0.2, 0.25) is 6.29 Å². The highest BCUT2D eigenvalue weighted by Gasteiger charge is 2.30. The maximum atomic E-state index is 10.8. The number of carboxylic acid groups (broad SMARTS) is 1. The maximum Gasteiger partial charge on any atom is 0.354 e. The van der Waals surface area contributed by atoms with Crippen LogP contribution >= 0.6 is 0 Å². The van der Waals surface area contributed by atoms with Gasteiger partial charge in [-0.25, -0.2) is 9.78 Å². The number of pyridine rings is 1. The van der Waals surface area contributed by atoms with Crippen LogP contribution in [0.2, 0.25) is 0 Å². The van der Waals surface area contributed by atoms with Crippen LogP contribution in [0.25, 0.3) is 0 Å². The molecular formula is C14H16N2O4. The van der Waals surface area contributed by atoms with Gasteiger partial charge in [-0.15, -0.1) is 0 Å². The van der Waals surface area contributed by atoms with E-state index in [2.05, 4.69) is 9.88 Å². The number of hydrogen-bond acceptors (Lipinski definition) is 5. The first-order valence-electron chi connectivity index (χ1n) is 6.64. The van der Waals surface area contributed by atoms with Crippen molar-refractivity contribution in [2.45, 2.75) is 19.1 Å². The first kappa shape index (κ1) is 12.8. The number of aromatic nitrogens is 1. The fourth-order valence-corrected chi connectivity index (χ4v) is 2.60. The monoisotopic (exact) mass is 276 g/mol. The number of hydrogen-bond donors (Lipinski definition) is 1. The zero-order valence-electron chi connectivity index (χ0n) is 10.9. The Kier molecular flexibility index (Phi) is 3.45. The molecule has 20 heavy (non-hydrogen) atoms. The summed E-state index contributed by atoms with van der Waals surface area (Å²) in [6.07, 6.45) is 6.61. The molecular weight excluding hydrogens is 260 g/mol. The molecule has 6 heteroatoms. The van der Waals surface area contributed by atoms with Crippen molar-refractivity contribution in [2.75, 3.05) is 18.0 Å². The second-order valence-electron chi connectivity index (χ2n) is 4.94. The molecule has 0 saturated carbocycles. The van der Waals surface area contributed by atoms with Gasteiger partial charge in [0.15, 0.2) is 0 Å². The molecule has 0 aliphatic carbocycles. The van der Waals surface area contributed by atoms with Crippen molar-refractivity contribution in [3.8, 4) is 0 Å². The largest absolute Gasteiger partial charge is 0.477 e. The van der Waals surface area contributed by atoms with Gasteiger partial charge in [0.05, 0.1) is 11.9 Å². The number of ether oxygens (including phenoxy) is 2. The fraction of sp³-hybridized carbons (Fsp3) is 0.429. The van der Waals surface area contributed by atoms with Crippen LogP contribution in [0.1, 0.15) is 23.3 Å². The van der Waals surface area contributed by atoms with E-state index in [9.17, 15) is 4.79 Å². The molecule has 1 aromatic heterocycles. The quantitative estimate of drug-likeness (QED) is 0.908. The standard InChI is InChI=1S/C14H16N2O4/c17-13(18)12-2-1-11(9-15-12)16-5-3-10(4-6-16)14-19-7-8-20-14/h1-2,7-10,14H,3-6H2,(H,17,18). The molecule has 0 unspecified atom stereocenters. The van der Waals surface area contributed by atoms with Crippen molar-refractivity contribution in [3.63, 3.8) is 0 Å². The van der Waals surface area contributed by atoms with Gasteiger partial charge in [0, 0.05) is 19.0 Å². The Balaban J connectivity index is 1.58. The minimum absolute atomic E-state index is 0.0717. The highest BCUT2D eigenvalue weighted by Crippen LogP contribution is 2.28. The number of carbonyl (C=O) groups is 1. The van der Waals surface area contributed by atoms with E-state index in [-0.39, 0.29) is 12.0 Å². The number of nitrogens with zero attached hydrogens (tertiary/aromatic N) is 2. The van der Waals surface area contributed by atoms with Crippen LogP contribution < -0.4 is 4.90 Å². The van der Waals surface area contributed by atoms with Gasteiger partial charge < -0.3 is 19.5 Å². The second kappa shape index (κ2) is 5.40. The molecule has 0 spiro atoms. The molecule has 0 bridgehead atoms. The van der Waals surface area contributed by atoms with Crippen LogP contribution in [0.3, 0.4) is 0 Å². The van der Waals surface area contributed by atoms with Gasteiger partial charge in [-0.1, -0.05) is 0 Å². The Labute approximate surface area is 116 Å². The van der Waals surface area contributed by atoms with Gasteiger partial charge in [0.1, 0.15) is 18.2 Å². The molecule has 1 saturated heterocycles. The Morgan fingerprint density at radius 2 is 1.95 bits per heavy atom. The zero-order valence-corrected chi connectivity index (χ0v) is 10.9. The predicted octanol–water partition coefficient (Wildman–Crippen LogP) is 1.84. The SMILES string of the molecule is O=C(O)c1ccc(N2CCC(C3OC=CO3)CC2)cn1. The fourth-order valence-electron chi connectivity index (χ4n) is 2.60. The molecule has 1 fully saturated rings. The van der Waals surface area contributed by atoms with Crippen molar-refractivity contribution in [3.05, 3.63) is 36.5 Å². The average Bonchev–Trinajstić information content (AvgIpc) is 3.02. The molecule has 1 N–H and O–H groups in total. The molecule has 3 rings (SSSR count). The van der Waals surface area contributed by atoms with Crippen LogP contribution in [0.4, 0.5) is 5.69 Å². The third kappa shape index (κ3) is 2.54. The topological polar surface area (TPSA) is 71.9 Å². The van der Waals surface area contributed by atoms with E-state index in [0.717, 1.165) is 31.6 Å². The van der Waals surface area contributed by atoms with Gasteiger partial charge >= 0.3 is 5.97 Å². The molecule has 2 aliphatic heterocycles. The number of aromatic carboxylic acids is 1. The van der Waals surface area contributed by atoms with Gasteiger partial charge in [0.25, 0.3) is 0 Å². The first-order chi connectivity index (χ1) is 9.74. The molecule has 0 aromatic carbocycles. The zero-order chi connectivity index (χ0) is 13.9. The van der Waals surface area contributed by atoms with Crippen molar-refractivity contribution in [1.82, 2.24) is 4.98 Å². The van der Waals surface area contributed by atoms with Crippen molar-refractivity contribution >= 4 is 11.7 Å². The minimum atomic E-state index is -1.00. The summed E-state index contributed by atoms with van der Waals surface area (Å²) >= 11 is 0. The summed E-state index contributed by atoms with van der Waals surface area (Å²) in [5.41, 5.74) is 1.03. The molecule has 6 nitrogen and oxygen atoms in total. The third-order valence-electron chi connectivity index (χ3n) is 3.74. The smallest absolute Gasteiger partial charge is 0.354 e. The Hall–Kier alpha value is -2.24. The summed E-state index contributed by atoms with van der Waals surface area (Å²) in [4.78, 5) is 16.9. The second-order valence-corrected chi connectivity index (χ2v) is 4.94. The molecule has 3 heterocycles. The summed E-state index contributed by atoms with van der Waals surface area (Å²) in [5, 5.41) is 8.83. The lowest BCUT2D eigenvalue weighted by molar-refractivity contribution is -0.0728. The van der Waals surface area contributed by atoms with E-state index < -0.39 is 5.97 Å².